The summed E-state index contributed by atoms with van der Waals surface area (Å²) in [4.78, 5) is 12.0. The molecule has 1 aliphatic rings. The van der Waals surface area contributed by atoms with Crippen LogP contribution in [-0.2, 0) is 20.5 Å². The number of benzene rings is 1. The lowest BCUT2D eigenvalue weighted by atomic mass is 9.98. The van der Waals surface area contributed by atoms with Crippen molar-refractivity contribution < 1.29 is 22.5 Å². The highest BCUT2D eigenvalue weighted by Crippen LogP contribution is 2.44. The van der Waals surface area contributed by atoms with E-state index in [9.17, 15) is 13.4 Å². The van der Waals surface area contributed by atoms with Crippen molar-refractivity contribution in [3.8, 4) is 0 Å². The first-order valence-corrected chi connectivity index (χ1v) is 10.5. The fourth-order valence-corrected chi connectivity index (χ4v) is 3.81. The zero-order valence-corrected chi connectivity index (χ0v) is 17.7. The van der Waals surface area contributed by atoms with E-state index in [-0.39, 0.29) is 29.0 Å². The average Bonchev–Trinajstić information content (AvgIpc) is 3.35. The van der Waals surface area contributed by atoms with Crippen LogP contribution in [0.15, 0.2) is 10.5 Å². The van der Waals surface area contributed by atoms with Crippen molar-refractivity contribution in [2.45, 2.75) is 63.7 Å². The van der Waals surface area contributed by atoms with Gasteiger partial charge in [0.25, 0.3) is 0 Å². The highest BCUT2D eigenvalue weighted by molar-refractivity contribution is 9.10. The van der Waals surface area contributed by atoms with Gasteiger partial charge < -0.3 is 4.74 Å². The zero-order valence-electron chi connectivity index (χ0n) is 15.3. The molecule has 8 heteroatoms. The van der Waals surface area contributed by atoms with Gasteiger partial charge in [0.05, 0.1) is 39.3 Å². The van der Waals surface area contributed by atoms with Crippen LogP contribution in [0.25, 0.3) is 0 Å². The van der Waals surface area contributed by atoms with Gasteiger partial charge in [0.15, 0.2) is 0 Å². The molecule has 2 rings (SSSR count). The third-order valence-electron chi connectivity index (χ3n) is 4.07. The maximum Gasteiger partial charge on any atom is 0.307 e. The lowest BCUT2D eigenvalue weighted by Crippen LogP contribution is -2.37. The van der Waals surface area contributed by atoms with Crippen LogP contribution < -0.4 is 4.72 Å². The van der Waals surface area contributed by atoms with Gasteiger partial charge in [-0.2, -0.15) is 0 Å². The number of esters is 1. The molecule has 0 amide bonds. The van der Waals surface area contributed by atoms with Crippen molar-refractivity contribution in [2.75, 3.05) is 6.61 Å². The summed E-state index contributed by atoms with van der Waals surface area (Å²) in [7, 11) is -1.62. The Balaban J connectivity index is 2.46. The van der Waals surface area contributed by atoms with Crippen LogP contribution in [0.1, 0.15) is 70.0 Å². The molecule has 0 aliphatic heterocycles. The molecule has 0 bridgehead atoms. The van der Waals surface area contributed by atoms with E-state index in [2.05, 4.69) is 20.7 Å². The van der Waals surface area contributed by atoms with Gasteiger partial charge >= 0.3 is 5.97 Å². The quantitative estimate of drug-likeness (QED) is 0.484. The minimum atomic E-state index is -1.62. The molecule has 0 heterocycles. The highest BCUT2D eigenvalue weighted by atomic mass is 79.9. The van der Waals surface area contributed by atoms with Gasteiger partial charge in [0.1, 0.15) is 11.6 Å². The van der Waals surface area contributed by atoms with E-state index in [1.807, 2.05) is 0 Å². The SMILES string of the molecule is CCOC(=O)C[C@H](N[S@](=O)C(C)(C)C)c1c(F)c(Br)cc(C2CC2)c1F. The number of carbonyl (C=O) groups excluding carboxylic acids is 1. The summed E-state index contributed by atoms with van der Waals surface area (Å²) in [5, 5.41) is 0. The number of rotatable bonds is 7. The third kappa shape index (κ3) is 5.10. The summed E-state index contributed by atoms with van der Waals surface area (Å²) in [6, 6.07) is 0.359. The second-order valence-corrected chi connectivity index (χ2v) is 10.2. The molecule has 0 saturated heterocycles. The minimum Gasteiger partial charge on any atom is -0.466 e. The molecule has 2 atom stereocenters. The summed E-state index contributed by atoms with van der Waals surface area (Å²) in [6.45, 7) is 7.02. The molecule has 1 saturated carbocycles. The number of ether oxygens (including phenoxy) is 1. The maximum absolute atomic E-state index is 15.1. The zero-order chi connectivity index (χ0) is 19.6. The first kappa shape index (κ1) is 21.4. The van der Waals surface area contributed by atoms with E-state index in [0.717, 1.165) is 12.8 Å². The topological polar surface area (TPSA) is 55.4 Å². The van der Waals surface area contributed by atoms with Crippen LogP contribution in [0.5, 0.6) is 0 Å². The molecule has 1 aromatic carbocycles. The lowest BCUT2D eigenvalue weighted by molar-refractivity contribution is -0.143. The Bertz CT molecular complexity index is 717. The van der Waals surface area contributed by atoms with Gasteiger partial charge in [0, 0.05) is 5.56 Å². The number of hydrogen-bond acceptors (Lipinski definition) is 3. The Hall–Kier alpha value is -0.860. The molecule has 1 N–H and O–H groups in total. The summed E-state index contributed by atoms with van der Waals surface area (Å²) in [5.74, 6) is -2.02. The maximum atomic E-state index is 15.1. The Labute approximate surface area is 163 Å². The van der Waals surface area contributed by atoms with Gasteiger partial charge in [-0.05, 0) is 74.0 Å². The van der Waals surface area contributed by atoms with E-state index < -0.39 is 39.4 Å². The Morgan fingerprint density at radius 2 is 2.00 bits per heavy atom. The monoisotopic (exact) mass is 451 g/mol. The second-order valence-electron chi connectivity index (χ2n) is 7.32. The molecule has 146 valence electrons. The van der Waals surface area contributed by atoms with Crippen LogP contribution in [0, 0.1) is 11.6 Å². The predicted octanol–water partition coefficient (Wildman–Crippen LogP) is 4.65. The molecule has 1 aliphatic carbocycles. The van der Waals surface area contributed by atoms with Gasteiger partial charge in [-0.25, -0.2) is 17.7 Å². The number of nitrogens with one attached hydrogen (secondary N) is 1. The van der Waals surface area contributed by atoms with Gasteiger partial charge in [-0.3, -0.25) is 4.79 Å². The van der Waals surface area contributed by atoms with E-state index in [4.69, 9.17) is 4.74 Å². The van der Waals surface area contributed by atoms with Crippen LogP contribution >= 0.6 is 15.9 Å². The molecule has 0 spiro atoms. The smallest absolute Gasteiger partial charge is 0.307 e. The van der Waals surface area contributed by atoms with Crippen molar-refractivity contribution in [1.29, 1.82) is 0 Å². The summed E-state index contributed by atoms with van der Waals surface area (Å²) in [6.07, 6.45) is 1.38. The van der Waals surface area contributed by atoms with E-state index in [1.165, 1.54) is 6.07 Å². The molecule has 1 fully saturated rings. The van der Waals surface area contributed by atoms with Gasteiger partial charge in [0.2, 0.25) is 0 Å². The number of carbonyl (C=O) groups is 1. The minimum absolute atomic E-state index is 0.0574. The largest absolute Gasteiger partial charge is 0.466 e. The fourth-order valence-electron chi connectivity index (χ4n) is 2.54. The Morgan fingerprint density at radius 1 is 1.38 bits per heavy atom. The van der Waals surface area contributed by atoms with Crippen molar-refractivity contribution in [3.05, 3.63) is 33.3 Å². The van der Waals surface area contributed by atoms with Crippen molar-refractivity contribution in [2.24, 2.45) is 0 Å². The fraction of sp³-hybridized carbons (Fsp3) is 0.611. The summed E-state index contributed by atoms with van der Waals surface area (Å²) >= 11 is 3.14. The normalized spacial score (nSPS) is 17.0. The standard InChI is InChI=1S/C18H24BrF2NO3S/c1-5-25-14(23)9-13(22-26(24)18(2,3)4)15-16(20)11(10-6-7-10)8-12(19)17(15)21/h8,10,13,22H,5-7,9H2,1-4H3/t13-,26+/m0/s1. The van der Waals surface area contributed by atoms with E-state index in [1.54, 1.807) is 27.7 Å². The molecule has 0 aromatic heterocycles. The van der Waals surface area contributed by atoms with E-state index >= 15 is 4.39 Å². The van der Waals surface area contributed by atoms with Crippen LogP contribution in [0.2, 0.25) is 0 Å². The van der Waals surface area contributed by atoms with Crippen molar-refractivity contribution in [1.82, 2.24) is 4.72 Å². The molecule has 26 heavy (non-hydrogen) atoms. The predicted molar refractivity (Wildman–Crippen MR) is 101 cm³/mol. The summed E-state index contributed by atoms with van der Waals surface area (Å²) in [5.41, 5.74) is 0.150. The first-order chi connectivity index (χ1) is 12.1. The Kier molecular flexibility index (Phi) is 6.96. The molecule has 1 aromatic rings. The van der Waals surface area contributed by atoms with E-state index in [0.29, 0.717) is 5.56 Å². The number of hydrogen-bond donors (Lipinski definition) is 1. The third-order valence-corrected chi connectivity index (χ3v) is 6.25. The molecular weight excluding hydrogens is 428 g/mol. The average molecular weight is 452 g/mol. The number of halogens is 3. The Morgan fingerprint density at radius 3 is 2.50 bits per heavy atom. The van der Waals surface area contributed by atoms with Crippen molar-refractivity contribution in [3.63, 3.8) is 0 Å². The highest BCUT2D eigenvalue weighted by Gasteiger charge is 2.35. The van der Waals surface area contributed by atoms with Crippen molar-refractivity contribution >= 4 is 32.9 Å². The molecule has 4 nitrogen and oxygen atoms in total. The van der Waals surface area contributed by atoms with Gasteiger partial charge in [-0.15, -0.1) is 0 Å². The molecular formula is C18H24BrF2NO3S. The molecule has 0 unspecified atom stereocenters. The second kappa shape index (κ2) is 8.44. The van der Waals surface area contributed by atoms with Crippen LogP contribution in [0.4, 0.5) is 8.78 Å². The van der Waals surface area contributed by atoms with Crippen LogP contribution in [-0.4, -0.2) is 21.5 Å². The first-order valence-electron chi connectivity index (χ1n) is 8.57. The lowest BCUT2D eigenvalue weighted by Gasteiger charge is -2.25. The van der Waals surface area contributed by atoms with Crippen LogP contribution in [0.3, 0.4) is 0 Å². The molecule has 0 radical (unpaired) electrons. The summed E-state index contributed by atoms with van der Waals surface area (Å²) < 4.78 is 49.5. The van der Waals surface area contributed by atoms with Gasteiger partial charge in [-0.1, -0.05) is 0 Å².